The summed E-state index contributed by atoms with van der Waals surface area (Å²) in [5.41, 5.74) is 5.84. The maximum atomic E-state index is 14.1. The Morgan fingerprint density at radius 3 is 2.38 bits per heavy atom. The van der Waals surface area contributed by atoms with Gasteiger partial charge < -0.3 is 10.1 Å². The summed E-state index contributed by atoms with van der Waals surface area (Å²) in [4.78, 5) is 14.1. The van der Waals surface area contributed by atoms with E-state index in [0.29, 0.717) is 20.8 Å². The van der Waals surface area contributed by atoms with Gasteiger partial charge in [-0.3, -0.25) is 10.1 Å². The number of nitrogens with one attached hydrogen (secondary N) is 3. The Morgan fingerprint density at radius 2 is 1.69 bits per heavy atom. The van der Waals surface area contributed by atoms with E-state index in [2.05, 4.69) is 16.1 Å². The van der Waals surface area contributed by atoms with Crippen LogP contribution in [0.25, 0.3) is 0 Å². The van der Waals surface area contributed by atoms with Crippen LogP contribution in [0.3, 0.4) is 0 Å². The van der Waals surface area contributed by atoms with Gasteiger partial charge in [-0.15, -0.1) is 0 Å². The molecule has 0 aliphatic carbocycles. The summed E-state index contributed by atoms with van der Waals surface area (Å²) in [7, 11) is -3.85. The lowest BCUT2D eigenvalue weighted by atomic mass is 9.75. The van der Waals surface area contributed by atoms with Crippen LogP contribution < -0.4 is 20.1 Å². The third kappa shape index (κ3) is 6.49. The number of carbonyl (C=O) groups excluding carboxylic acids is 1. The molecular weight excluding hydrogens is 619 g/mol. The van der Waals surface area contributed by atoms with Crippen LogP contribution in [0.5, 0.6) is 0 Å². The van der Waals surface area contributed by atoms with Crippen LogP contribution in [0.2, 0.25) is 15.1 Å². The van der Waals surface area contributed by atoms with E-state index in [1.807, 2.05) is 42.5 Å². The number of rotatable bonds is 10. The SMILES string of the molecule is CS(=O)(=O)[N+]1(NC(=O)C(COCc2ccc(Cl)cc2)NCc2ccc(Cl)c(Cl)c2)CC2(CCNCC2)c2ccccc21. The highest BCUT2D eigenvalue weighted by molar-refractivity contribution is 7.90. The Balaban J connectivity index is 1.42. The summed E-state index contributed by atoms with van der Waals surface area (Å²) in [6, 6.07) is 19.1. The molecule has 2 atom stereocenters. The molecule has 0 aromatic heterocycles. The Hall–Kier alpha value is -2.21. The van der Waals surface area contributed by atoms with Gasteiger partial charge in [0.1, 0.15) is 12.6 Å². The van der Waals surface area contributed by atoms with Gasteiger partial charge in [0.05, 0.1) is 34.9 Å². The first-order valence-electron chi connectivity index (χ1n) is 13.7. The number of benzene rings is 3. The summed E-state index contributed by atoms with van der Waals surface area (Å²) < 4.78 is 32.6. The van der Waals surface area contributed by atoms with Gasteiger partial charge in [-0.05, 0) is 61.3 Å². The molecule has 3 aromatic carbocycles. The van der Waals surface area contributed by atoms with Gasteiger partial charge in [0.15, 0.2) is 5.69 Å². The summed E-state index contributed by atoms with van der Waals surface area (Å²) in [5.74, 6) is -0.489. The van der Waals surface area contributed by atoms with E-state index in [-0.39, 0.29) is 31.7 Å². The Morgan fingerprint density at radius 1 is 1.00 bits per heavy atom. The fraction of sp³-hybridized carbons (Fsp3) is 0.367. The molecule has 0 saturated carbocycles. The molecule has 12 heteroatoms. The van der Waals surface area contributed by atoms with Gasteiger partial charge in [-0.2, -0.15) is 13.8 Å². The molecule has 0 bridgehead atoms. The first-order valence-corrected chi connectivity index (χ1v) is 16.7. The second-order valence-electron chi connectivity index (χ2n) is 11.0. The molecule has 2 heterocycles. The number of sulfonamides is 1. The zero-order valence-electron chi connectivity index (χ0n) is 23.2. The van der Waals surface area contributed by atoms with Gasteiger partial charge in [-0.1, -0.05) is 75.2 Å². The van der Waals surface area contributed by atoms with Crippen LogP contribution in [0.1, 0.15) is 29.5 Å². The quantitative estimate of drug-likeness (QED) is 0.268. The average Bonchev–Trinajstić information content (AvgIpc) is 3.23. The topological polar surface area (TPSA) is 96.5 Å². The molecule has 1 amide bonds. The smallest absolute Gasteiger partial charge is 0.321 e. The number of carbonyl (C=O) groups is 1. The standard InChI is InChI=1S/C30H33Cl3N4O4S/c1-42(39,40)37(20-30(12-14-34-15-13-30)24-4-2-3-5-28(24)37)36-29(38)27(19-41-18-21-6-9-23(31)10-7-21)35-17-22-8-11-25(32)26(33)16-22/h2-11,16,27,34-35H,12-15,17-20H2,1H3/p+1. The Kier molecular flexibility index (Phi) is 9.51. The zero-order valence-corrected chi connectivity index (χ0v) is 26.3. The Bertz CT molecular complexity index is 1550. The summed E-state index contributed by atoms with van der Waals surface area (Å²) in [5, 5.41) is 8.07. The van der Waals surface area contributed by atoms with Crippen molar-refractivity contribution in [1.29, 1.82) is 0 Å². The highest BCUT2D eigenvalue weighted by atomic mass is 35.5. The lowest BCUT2D eigenvalue weighted by Crippen LogP contribution is -2.68. The molecule has 1 fully saturated rings. The lowest BCUT2D eigenvalue weighted by Gasteiger charge is -2.36. The van der Waals surface area contributed by atoms with Gasteiger partial charge in [0, 0.05) is 23.2 Å². The molecule has 2 aliphatic heterocycles. The number of hydrogen-bond donors (Lipinski definition) is 3. The van der Waals surface area contributed by atoms with Crippen LogP contribution in [-0.4, -0.2) is 52.9 Å². The van der Waals surface area contributed by atoms with E-state index in [4.69, 9.17) is 39.5 Å². The lowest BCUT2D eigenvalue weighted by molar-refractivity contribution is -0.127. The molecule has 42 heavy (non-hydrogen) atoms. The molecule has 224 valence electrons. The van der Waals surface area contributed by atoms with Crippen molar-refractivity contribution in [1.82, 2.24) is 20.1 Å². The average molecular weight is 653 g/mol. The van der Waals surface area contributed by atoms with E-state index in [1.54, 1.807) is 24.3 Å². The predicted octanol–water partition coefficient (Wildman–Crippen LogP) is 4.95. The van der Waals surface area contributed by atoms with Gasteiger partial charge in [0.25, 0.3) is 5.91 Å². The third-order valence-corrected chi connectivity index (χ3v) is 10.7. The van der Waals surface area contributed by atoms with Gasteiger partial charge >= 0.3 is 10.0 Å². The fourth-order valence-corrected chi connectivity index (χ4v) is 7.59. The number of hydrogen-bond acceptors (Lipinski definition) is 6. The molecule has 0 radical (unpaired) electrons. The van der Waals surface area contributed by atoms with E-state index < -0.39 is 26.0 Å². The molecule has 8 nitrogen and oxygen atoms in total. The number of nitrogens with zero attached hydrogens (tertiary/aromatic N) is 1. The molecule has 2 unspecified atom stereocenters. The molecule has 5 rings (SSSR count). The van der Waals surface area contributed by atoms with Crippen molar-refractivity contribution in [2.75, 3.05) is 32.5 Å². The number of halogens is 3. The summed E-state index contributed by atoms with van der Waals surface area (Å²) in [6.45, 7) is 2.31. The highest BCUT2D eigenvalue weighted by Crippen LogP contribution is 2.50. The van der Waals surface area contributed by atoms with Crippen molar-refractivity contribution in [3.8, 4) is 0 Å². The minimum Gasteiger partial charge on any atom is -0.375 e. The number of ether oxygens (including phenoxy) is 1. The molecule has 2 aliphatic rings. The molecule has 3 N–H and O–H groups in total. The highest BCUT2D eigenvalue weighted by Gasteiger charge is 2.60. The summed E-state index contributed by atoms with van der Waals surface area (Å²) in [6.07, 6.45) is 2.73. The van der Waals surface area contributed by atoms with Crippen LogP contribution >= 0.6 is 34.8 Å². The maximum Gasteiger partial charge on any atom is 0.321 e. The minimum atomic E-state index is -3.85. The van der Waals surface area contributed by atoms with E-state index in [1.165, 1.54) is 6.26 Å². The maximum absolute atomic E-state index is 14.1. The van der Waals surface area contributed by atoms with Crippen molar-refractivity contribution >= 4 is 56.4 Å². The van der Waals surface area contributed by atoms with Crippen molar-refractivity contribution in [3.05, 3.63) is 98.5 Å². The number of piperidine rings is 1. The third-order valence-electron chi connectivity index (χ3n) is 8.13. The van der Waals surface area contributed by atoms with Crippen LogP contribution in [0, 0.1) is 0 Å². The van der Waals surface area contributed by atoms with Gasteiger partial charge in [0.2, 0.25) is 0 Å². The monoisotopic (exact) mass is 651 g/mol. The van der Waals surface area contributed by atoms with E-state index in [9.17, 15) is 13.2 Å². The van der Waals surface area contributed by atoms with Crippen molar-refractivity contribution in [3.63, 3.8) is 0 Å². The van der Waals surface area contributed by atoms with Crippen molar-refractivity contribution in [2.45, 2.75) is 37.5 Å². The Labute approximate surface area is 261 Å². The number of amides is 1. The zero-order chi connectivity index (χ0) is 30.0. The van der Waals surface area contributed by atoms with E-state index >= 15 is 0 Å². The molecular formula is C30H34Cl3N4O4S+. The molecule has 3 aromatic rings. The van der Waals surface area contributed by atoms with E-state index in [0.717, 1.165) is 42.6 Å². The minimum absolute atomic E-state index is 0.00372. The molecule has 1 saturated heterocycles. The summed E-state index contributed by atoms with van der Waals surface area (Å²) >= 11 is 18.3. The largest absolute Gasteiger partial charge is 0.375 e. The van der Waals surface area contributed by atoms with Crippen LogP contribution in [0.15, 0.2) is 66.7 Å². The van der Waals surface area contributed by atoms with Crippen molar-refractivity contribution in [2.24, 2.45) is 0 Å². The van der Waals surface area contributed by atoms with Crippen LogP contribution in [0.4, 0.5) is 5.69 Å². The van der Waals surface area contributed by atoms with Gasteiger partial charge in [-0.25, -0.2) is 0 Å². The van der Waals surface area contributed by atoms with Crippen molar-refractivity contribution < 1.29 is 17.9 Å². The normalized spacial score (nSPS) is 20.3. The van der Waals surface area contributed by atoms with Crippen LogP contribution in [-0.2, 0) is 38.1 Å². The second-order valence-corrected chi connectivity index (χ2v) is 14.3. The first kappa shape index (κ1) is 31.2. The number of fused-ring (bicyclic) bond motifs is 2. The number of para-hydroxylation sites is 1. The fourth-order valence-electron chi connectivity index (χ4n) is 5.89. The first-order chi connectivity index (χ1) is 20.0. The predicted molar refractivity (Wildman–Crippen MR) is 168 cm³/mol. The second kappa shape index (κ2) is 12.8. The number of quaternary nitrogens is 1. The molecule has 1 spiro atoms.